The van der Waals surface area contributed by atoms with Gasteiger partial charge in [0, 0.05) is 11.6 Å². The fourth-order valence-corrected chi connectivity index (χ4v) is 5.37. The van der Waals surface area contributed by atoms with E-state index in [9.17, 15) is 26.4 Å². The number of sulfonamides is 1. The van der Waals surface area contributed by atoms with Gasteiger partial charge in [0.2, 0.25) is 0 Å². The molecular weight excluding hydrogens is 431 g/mol. The second-order valence-corrected chi connectivity index (χ2v) is 9.20. The monoisotopic (exact) mass is 451 g/mol. The maximum atomic E-state index is 13.3. The molecule has 2 unspecified atom stereocenters. The van der Waals surface area contributed by atoms with Crippen LogP contribution in [0.15, 0.2) is 64.6 Å². The lowest BCUT2D eigenvalue weighted by molar-refractivity contribution is -0.139. The van der Waals surface area contributed by atoms with Crippen LogP contribution in [0.5, 0.6) is 0 Å². The Balaban J connectivity index is 1.66. The summed E-state index contributed by atoms with van der Waals surface area (Å²) in [6.45, 7) is 0. The van der Waals surface area contributed by atoms with Crippen LogP contribution in [0.1, 0.15) is 42.9 Å². The van der Waals surface area contributed by atoms with Crippen LogP contribution in [0.2, 0.25) is 0 Å². The Morgan fingerprint density at radius 3 is 2.42 bits per heavy atom. The smallest absolute Gasteiger partial charge is 0.245 e. The van der Waals surface area contributed by atoms with E-state index in [1.165, 1.54) is 6.07 Å². The topological polar surface area (TPSA) is 78.8 Å². The second-order valence-electron chi connectivity index (χ2n) is 7.55. The fourth-order valence-electron chi connectivity index (χ4n) is 4.20. The van der Waals surface area contributed by atoms with E-state index in [4.69, 9.17) is 0 Å². The molecule has 0 saturated heterocycles. The Hall–Kier alpha value is -2.88. The van der Waals surface area contributed by atoms with Crippen molar-refractivity contribution in [2.45, 2.75) is 42.8 Å². The number of hydrogen-bond donors (Lipinski definition) is 1. The van der Waals surface area contributed by atoms with Gasteiger partial charge in [0.05, 0.1) is 16.5 Å². The molecule has 2 amide bonds. The van der Waals surface area contributed by atoms with Crippen LogP contribution in [0.25, 0.3) is 0 Å². The number of halogens is 3. The SMILES string of the molecule is O=C(NS(=O)(=O)c1ccccc1C(F)(F)F)N1N=C2CCCCC2C1c1ccccc1. The highest BCUT2D eigenvalue weighted by atomic mass is 32.2. The molecule has 164 valence electrons. The van der Waals surface area contributed by atoms with Crippen molar-refractivity contribution in [1.29, 1.82) is 0 Å². The molecule has 0 spiro atoms. The number of carbonyl (C=O) groups excluding carboxylic acids is 1. The largest absolute Gasteiger partial charge is 0.417 e. The highest BCUT2D eigenvalue weighted by Gasteiger charge is 2.44. The van der Waals surface area contributed by atoms with Gasteiger partial charge in [0.25, 0.3) is 10.0 Å². The number of nitrogens with one attached hydrogen (secondary N) is 1. The molecule has 1 N–H and O–H groups in total. The van der Waals surface area contributed by atoms with Gasteiger partial charge in [0.15, 0.2) is 0 Å². The number of amides is 2. The van der Waals surface area contributed by atoms with E-state index >= 15 is 0 Å². The number of hydrogen-bond acceptors (Lipinski definition) is 4. The first-order chi connectivity index (χ1) is 14.7. The molecule has 2 aromatic rings. The third-order valence-electron chi connectivity index (χ3n) is 5.56. The van der Waals surface area contributed by atoms with Gasteiger partial charge in [-0.15, -0.1) is 0 Å². The highest BCUT2D eigenvalue weighted by molar-refractivity contribution is 7.90. The zero-order valence-corrected chi connectivity index (χ0v) is 17.2. The van der Waals surface area contributed by atoms with Crippen molar-refractivity contribution in [3.63, 3.8) is 0 Å². The molecular formula is C21H20F3N3O3S. The van der Waals surface area contributed by atoms with E-state index in [0.717, 1.165) is 47.7 Å². The molecule has 1 fully saturated rings. The first-order valence-corrected chi connectivity index (χ1v) is 11.3. The molecule has 1 heterocycles. The van der Waals surface area contributed by atoms with E-state index in [1.54, 1.807) is 4.72 Å². The van der Waals surface area contributed by atoms with Crippen LogP contribution in [0, 0.1) is 5.92 Å². The van der Waals surface area contributed by atoms with Crippen LogP contribution >= 0.6 is 0 Å². The summed E-state index contributed by atoms with van der Waals surface area (Å²) in [6, 6.07) is 11.3. The molecule has 0 aromatic heterocycles. The van der Waals surface area contributed by atoms with E-state index in [2.05, 4.69) is 5.10 Å². The molecule has 1 saturated carbocycles. The first kappa shape index (κ1) is 21.4. The number of hydrazone groups is 1. The summed E-state index contributed by atoms with van der Waals surface area (Å²) >= 11 is 0. The van der Waals surface area contributed by atoms with Gasteiger partial charge in [-0.25, -0.2) is 22.9 Å². The Morgan fingerprint density at radius 1 is 1.03 bits per heavy atom. The Kier molecular flexibility index (Phi) is 5.50. The van der Waals surface area contributed by atoms with Crippen molar-refractivity contribution in [1.82, 2.24) is 9.73 Å². The predicted octanol–water partition coefficient (Wildman–Crippen LogP) is 4.71. The van der Waals surface area contributed by atoms with Crippen molar-refractivity contribution < 1.29 is 26.4 Å². The summed E-state index contributed by atoms with van der Waals surface area (Å²) < 4.78 is 67.1. The number of alkyl halides is 3. The predicted molar refractivity (Wildman–Crippen MR) is 108 cm³/mol. The summed E-state index contributed by atoms with van der Waals surface area (Å²) in [6.07, 6.45) is -1.51. The average molecular weight is 451 g/mol. The normalized spacial score (nSPS) is 21.4. The van der Waals surface area contributed by atoms with Gasteiger partial charge >= 0.3 is 12.2 Å². The van der Waals surface area contributed by atoms with Gasteiger partial charge in [-0.2, -0.15) is 18.3 Å². The quantitative estimate of drug-likeness (QED) is 0.734. The standard InChI is InChI=1S/C21H20F3N3O3S/c22-21(23,24)16-11-5-7-13-18(16)31(29,30)26-20(28)27-19(14-8-2-1-3-9-14)15-10-4-6-12-17(15)25-27/h1-3,5,7-9,11,13,15,19H,4,6,10,12H2,(H,26,28). The minimum Gasteiger partial charge on any atom is -0.245 e. The van der Waals surface area contributed by atoms with Crippen LogP contribution in [-0.2, 0) is 16.2 Å². The minimum absolute atomic E-state index is 0.0490. The van der Waals surface area contributed by atoms with Gasteiger partial charge in [-0.05, 0) is 37.0 Å². The van der Waals surface area contributed by atoms with E-state index in [1.807, 2.05) is 30.3 Å². The van der Waals surface area contributed by atoms with E-state index in [-0.39, 0.29) is 5.92 Å². The molecule has 10 heteroatoms. The first-order valence-electron chi connectivity index (χ1n) is 9.83. The Morgan fingerprint density at radius 2 is 1.71 bits per heavy atom. The lowest BCUT2D eigenvalue weighted by Crippen LogP contribution is -2.42. The van der Waals surface area contributed by atoms with Crippen LogP contribution in [-0.4, -0.2) is 25.2 Å². The molecule has 6 nitrogen and oxygen atoms in total. The van der Waals surface area contributed by atoms with Gasteiger partial charge in [0.1, 0.15) is 0 Å². The number of urea groups is 1. The van der Waals surface area contributed by atoms with E-state index in [0.29, 0.717) is 12.5 Å². The number of fused-ring (bicyclic) bond motifs is 1. The maximum absolute atomic E-state index is 13.3. The van der Waals surface area contributed by atoms with Gasteiger partial charge in [-0.3, -0.25) is 0 Å². The molecule has 31 heavy (non-hydrogen) atoms. The zero-order valence-electron chi connectivity index (χ0n) is 16.3. The molecule has 2 aliphatic rings. The summed E-state index contributed by atoms with van der Waals surface area (Å²) in [4.78, 5) is 12.0. The Bertz CT molecular complexity index is 1120. The van der Waals surface area contributed by atoms with Crippen LogP contribution in [0.4, 0.5) is 18.0 Å². The lowest BCUT2D eigenvalue weighted by atomic mass is 9.80. The zero-order chi connectivity index (χ0) is 22.2. The average Bonchev–Trinajstić information content (AvgIpc) is 3.13. The van der Waals surface area contributed by atoms with Crippen molar-refractivity contribution in [2.24, 2.45) is 11.0 Å². The number of carbonyl (C=O) groups is 1. The molecule has 1 aliphatic heterocycles. The molecule has 0 bridgehead atoms. The summed E-state index contributed by atoms with van der Waals surface area (Å²) in [5.41, 5.74) is 0.260. The molecule has 2 atom stereocenters. The highest BCUT2D eigenvalue weighted by Crippen LogP contribution is 2.42. The van der Waals surface area contributed by atoms with Crippen molar-refractivity contribution in [2.75, 3.05) is 0 Å². The third-order valence-corrected chi connectivity index (χ3v) is 6.94. The molecule has 4 rings (SSSR count). The molecule has 0 radical (unpaired) electrons. The minimum atomic E-state index is -4.89. The van der Waals surface area contributed by atoms with Crippen molar-refractivity contribution in [3.8, 4) is 0 Å². The van der Waals surface area contributed by atoms with Crippen LogP contribution < -0.4 is 4.72 Å². The summed E-state index contributed by atoms with van der Waals surface area (Å²) in [5, 5.41) is 5.43. The summed E-state index contributed by atoms with van der Waals surface area (Å²) in [5.74, 6) is -0.0490. The fraction of sp³-hybridized carbons (Fsp3) is 0.333. The van der Waals surface area contributed by atoms with Gasteiger partial charge in [-0.1, -0.05) is 48.9 Å². The van der Waals surface area contributed by atoms with Gasteiger partial charge < -0.3 is 0 Å². The number of benzene rings is 2. The van der Waals surface area contributed by atoms with Crippen molar-refractivity contribution in [3.05, 3.63) is 65.7 Å². The number of rotatable bonds is 3. The van der Waals surface area contributed by atoms with Crippen molar-refractivity contribution >= 4 is 21.8 Å². The number of nitrogens with zero attached hydrogens (tertiary/aromatic N) is 2. The lowest BCUT2D eigenvalue weighted by Gasteiger charge is -2.28. The third kappa shape index (κ3) is 4.16. The molecule has 1 aliphatic carbocycles. The maximum Gasteiger partial charge on any atom is 0.417 e. The molecule has 2 aromatic carbocycles. The van der Waals surface area contributed by atoms with Crippen LogP contribution in [0.3, 0.4) is 0 Å². The summed E-state index contributed by atoms with van der Waals surface area (Å²) in [7, 11) is -4.78. The van der Waals surface area contributed by atoms with E-state index < -0.39 is 38.7 Å². The Labute approximate surface area is 177 Å². The second kappa shape index (κ2) is 7.99.